The summed E-state index contributed by atoms with van der Waals surface area (Å²) in [6.45, 7) is 3.97. The Balaban J connectivity index is 0.754. The highest BCUT2D eigenvalue weighted by Gasteiger charge is 2.41. The molecule has 1 unspecified atom stereocenters. The minimum atomic E-state index is -1.30. The Morgan fingerprint density at radius 1 is 1.02 bits per heavy atom. The first kappa shape index (κ1) is 36.4. The number of piperidine rings is 3. The molecule has 0 bridgehead atoms. The predicted molar refractivity (Wildman–Crippen MR) is 211 cm³/mol. The van der Waals surface area contributed by atoms with Crippen LogP contribution >= 0.6 is 0 Å². The largest absolute Gasteiger partial charge is 0.491 e. The molecule has 4 amide bonds. The molecule has 16 heteroatoms. The number of anilines is 2. The van der Waals surface area contributed by atoms with Crippen LogP contribution in [0.3, 0.4) is 0 Å². The fraction of sp³-hybridized carbons (Fsp3) is 0.452. The van der Waals surface area contributed by atoms with Crippen LogP contribution in [-0.2, 0) is 16.1 Å². The lowest BCUT2D eigenvalue weighted by Gasteiger charge is -2.42. The molecule has 15 nitrogen and oxygen atoms in total. The summed E-state index contributed by atoms with van der Waals surface area (Å²) in [4.78, 5) is 61.0. The van der Waals surface area contributed by atoms with Crippen molar-refractivity contribution in [2.45, 2.75) is 75.7 Å². The van der Waals surface area contributed by atoms with Crippen molar-refractivity contribution >= 4 is 51.6 Å². The van der Waals surface area contributed by atoms with E-state index in [-0.39, 0.29) is 30.2 Å². The normalized spacial score (nSPS) is 21.5. The highest BCUT2D eigenvalue weighted by molar-refractivity contribution is 6.09. The fourth-order valence-corrected chi connectivity index (χ4v) is 8.97. The second-order valence-electron chi connectivity index (χ2n) is 16.6. The highest BCUT2D eigenvalue weighted by atomic mass is 19.1. The summed E-state index contributed by atoms with van der Waals surface area (Å²) in [5, 5.41) is 15.5. The first-order chi connectivity index (χ1) is 28.2. The van der Waals surface area contributed by atoms with Crippen LogP contribution in [0, 0.1) is 5.92 Å². The number of likely N-dealkylation sites (tertiary alicyclic amines) is 1. The molecule has 3 aromatic heterocycles. The van der Waals surface area contributed by atoms with Crippen molar-refractivity contribution in [2.75, 3.05) is 49.5 Å². The number of alkyl halides is 1. The molecule has 2 N–H and O–H groups in total. The molecular formula is C42H45FN10O5. The zero-order chi connectivity index (χ0) is 39.5. The van der Waals surface area contributed by atoms with Gasteiger partial charge in [-0.3, -0.25) is 29.2 Å². The zero-order valence-corrected chi connectivity index (χ0v) is 32.1. The Kier molecular flexibility index (Phi) is 9.10. The Hall–Kier alpha value is -5.90. The smallest absolute Gasteiger partial charge is 0.261 e. The molecule has 7 heterocycles. The number of aromatic nitrogens is 5. The molecule has 58 heavy (non-hydrogen) atoms. The average Bonchev–Trinajstić information content (AvgIpc) is 3.65. The summed E-state index contributed by atoms with van der Waals surface area (Å²) < 4.78 is 26.2. The van der Waals surface area contributed by atoms with Gasteiger partial charge in [-0.2, -0.15) is 10.2 Å². The lowest BCUT2D eigenvalue weighted by atomic mass is 9.91. The number of fused-ring (bicyclic) bond motifs is 3. The maximum atomic E-state index is 16.4. The van der Waals surface area contributed by atoms with Crippen LogP contribution < -0.4 is 20.3 Å². The molecule has 5 aromatic rings. The van der Waals surface area contributed by atoms with Crippen LogP contribution in [0.25, 0.3) is 16.6 Å². The monoisotopic (exact) mass is 788 g/mol. The summed E-state index contributed by atoms with van der Waals surface area (Å²) >= 11 is 0. The summed E-state index contributed by atoms with van der Waals surface area (Å²) in [7, 11) is 0. The first-order valence-corrected chi connectivity index (χ1v) is 20.4. The van der Waals surface area contributed by atoms with E-state index in [4.69, 9.17) is 9.84 Å². The number of carbonyl (C=O) groups excluding carboxylic acids is 4. The molecule has 1 atom stereocenters. The number of ether oxygens (including phenoxy) is 1. The van der Waals surface area contributed by atoms with Gasteiger partial charge in [0.05, 0.1) is 30.0 Å². The van der Waals surface area contributed by atoms with Gasteiger partial charge >= 0.3 is 0 Å². The molecule has 4 fully saturated rings. The number of rotatable bonds is 10. The Morgan fingerprint density at radius 2 is 1.84 bits per heavy atom. The standard InChI is InChI=1S/C42H45FN10O5/c43-42(10-16-50(17-11-42)30-4-5-31-27(18-30)22-51(41(31)57)35-6-7-37(54)47-40(35)56)25-49-14-8-29(9-15-49)53-23-28-19-34(36(20-33(28)48-53)58-24-26-2-3-26)46-39(55)32-21-45-52-13-1-12-44-38(32)52/h1,4-5,12-13,18-21,23,26,29,35H,2-3,6-11,14-17,22,24-25H2,(H,46,55)(H,47,54,56). The van der Waals surface area contributed by atoms with Crippen LogP contribution in [-0.4, -0.2) is 109 Å². The van der Waals surface area contributed by atoms with Gasteiger partial charge in [-0.15, -0.1) is 0 Å². The number of hydrogen-bond donors (Lipinski definition) is 2. The summed E-state index contributed by atoms with van der Waals surface area (Å²) in [6, 6.07) is 10.8. The van der Waals surface area contributed by atoms with E-state index in [1.165, 1.54) is 6.20 Å². The molecule has 0 spiro atoms. The van der Waals surface area contributed by atoms with Gasteiger partial charge in [-0.05, 0) is 73.9 Å². The van der Waals surface area contributed by atoms with Crippen molar-refractivity contribution in [3.05, 3.63) is 77.9 Å². The van der Waals surface area contributed by atoms with E-state index >= 15 is 4.39 Å². The van der Waals surface area contributed by atoms with Crippen LogP contribution in [0.4, 0.5) is 15.8 Å². The Labute approximate surface area is 333 Å². The predicted octanol–water partition coefficient (Wildman–Crippen LogP) is 4.53. The third-order valence-corrected chi connectivity index (χ3v) is 12.5. The van der Waals surface area contributed by atoms with Gasteiger partial charge in [0.15, 0.2) is 5.65 Å². The Morgan fingerprint density at radius 3 is 2.64 bits per heavy atom. The van der Waals surface area contributed by atoms with Gasteiger partial charge in [0.2, 0.25) is 11.8 Å². The number of nitrogens with one attached hydrogen (secondary N) is 2. The second-order valence-corrected chi connectivity index (χ2v) is 16.6. The minimum absolute atomic E-state index is 0.164. The van der Waals surface area contributed by atoms with Crippen molar-refractivity contribution in [1.29, 1.82) is 0 Å². The maximum Gasteiger partial charge on any atom is 0.261 e. The topological polar surface area (TPSA) is 159 Å². The van der Waals surface area contributed by atoms with E-state index in [9.17, 15) is 19.2 Å². The van der Waals surface area contributed by atoms with Gasteiger partial charge in [-0.25, -0.2) is 13.9 Å². The molecule has 2 aromatic carbocycles. The lowest BCUT2D eigenvalue weighted by molar-refractivity contribution is -0.136. The zero-order valence-electron chi connectivity index (χ0n) is 32.1. The van der Waals surface area contributed by atoms with Crippen LogP contribution in [0.5, 0.6) is 5.75 Å². The van der Waals surface area contributed by atoms with E-state index in [0.29, 0.717) is 86.2 Å². The summed E-state index contributed by atoms with van der Waals surface area (Å²) in [5.74, 6) is -0.134. The van der Waals surface area contributed by atoms with Gasteiger partial charge < -0.3 is 24.8 Å². The van der Waals surface area contributed by atoms with E-state index < -0.39 is 17.6 Å². The first-order valence-electron chi connectivity index (χ1n) is 20.4. The summed E-state index contributed by atoms with van der Waals surface area (Å²) in [5.41, 5.74) is 3.29. The van der Waals surface area contributed by atoms with Crippen molar-refractivity contribution in [3.8, 4) is 5.75 Å². The molecule has 4 aliphatic heterocycles. The maximum absolute atomic E-state index is 16.4. The molecule has 3 saturated heterocycles. The van der Waals surface area contributed by atoms with Crippen molar-refractivity contribution < 1.29 is 28.3 Å². The highest BCUT2D eigenvalue weighted by Crippen LogP contribution is 2.37. The lowest BCUT2D eigenvalue weighted by Crippen LogP contribution is -2.52. The quantitative estimate of drug-likeness (QED) is 0.193. The number of halogens is 1. The average molecular weight is 789 g/mol. The molecule has 300 valence electrons. The SMILES string of the molecule is O=C1CCC(N2Cc3cc(N4CCC(F)(CN5CCC(n6cc7cc(NC(=O)c8cnn9cccnc89)c(OCC8CC8)cc7n6)CC5)CC4)ccc3C2=O)C(=O)N1. The fourth-order valence-electron chi connectivity index (χ4n) is 8.97. The van der Waals surface area contributed by atoms with Gasteiger partial charge in [0.1, 0.15) is 23.0 Å². The van der Waals surface area contributed by atoms with Crippen molar-refractivity contribution in [3.63, 3.8) is 0 Å². The van der Waals surface area contributed by atoms with Gasteiger partial charge in [0.25, 0.3) is 11.8 Å². The molecule has 1 saturated carbocycles. The van der Waals surface area contributed by atoms with Gasteiger partial charge in [0, 0.05) is 99.8 Å². The van der Waals surface area contributed by atoms with Gasteiger partial charge in [-0.1, -0.05) is 0 Å². The number of carbonyl (C=O) groups is 4. The number of hydrogen-bond acceptors (Lipinski definition) is 10. The molecular weight excluding hydrogens is 744 g/mol. The molecule has 1 aliphatic carbocycles. The molecule has 0 radical (unpaired) electrons. The minimum Gasteiger partial charge on any atom is -0.491 e. The van der Waals surface area contributed by atoms with Crippen molar-refractivity contribution in [2.24, 2.45) is 5.92 Å². The number of imide groups is 1. The van der Waals surface area contributed by atoms with E-state index in [1.54, 1.807) is 27.9 Å². The molecule has 10 rings (SSSR count). The van der Waals surface area contributed by atoms with Crippen LogP contribution in [0.2, 0.25) is 0 Å². The number of benzene rings is 2. The van der Waals surface area contributed by atoms with Crippen LogP contribution in [0.15, 0.2) is 61.2 Å². The van der Waals surface area contributed by atoms with E-state index in [0.717, 1.165) is 60.9 Å². The third kappa shape index (κ3) is 7.03. The van der Waals surface area contributed by atoms with E-state index in [2.05, 4.69) is 30.5 Å². The number of nitrogens with zero attached hydrogens (tertiary/aromatic N) is 8. The number of amides is 4. The summed E-state index contributed by atoms with van der Waals surface area (Å²) in [6.07, 6.45) is 12.3. The van der Waals surface area contributed by atoms with E-state index in [1.807, 2.05) is 41.2 Å². The Bertz CT molecular complexity index is 2440. The third-order valence-electron chi connectivity index (χ3n) is 12.5. The molecule has 5 aliphatic rings. The van der Waals surface area contributed by atoms with Crippen LogP contribution in [0.1, 0.15) is 83.7 Å². The second kappa shape index (κ2) is 14.5. The van der Waals surface area contributed by atoms with Crippen molar-refractivity contribution in [1.82, 2.24) is 39.5 Å².